The van der Waals surface area contributed by atoms with Crippen molar-refractivity contribution in [1.82, 2.24) is 5.32 Å². The number of aliphatic hydroxyl groups is 1. The van der Waals surface area contributed by atoms with Gasteiger partial charge in [-0.25, -0.2) is 0 Å². The topological polar surface area (TPSA) is 50.7 Å². The Hall–Kier alpha value is -1.26. The van der Waals surface area contributed by atoms with Gasteiger partial charge in [0.2, 0.25) is 0 Å². The maximum Gasteiger partial charge on any atom is 0.124 e. The Kier molecular flexibility index (Phi) is 4.44. The van der Waals surface area contributed by atoms with Crippen LogP contribution in [-0.4, -0.2) is 31.5 Å². The zero-order chi connectivity index (χ0) is 13.0. The van der Waals surface area contributed by atoms with Crippen LogP contribution in [0.1, 0.15) is 31.4 Å². The Bertz CT molecular complexity index is 395. The van der Waals surface area contributed by atoms with Gasteiger partial charge in [-0.3, -0.25) is 0 Å². The van der Waals surface area contributed by atoms with Crippen LogP contribution in [0.3, 0.4) is 0 Å². The van der Waals surface area contributed by atoms with Gasteiger partial charge in [0.05, 0.1) is 20.3 Å². The van der Waals surface area contributed by atoms with E-state index in [1.54, 1.807) is 7.11 Å². The molecule has 1 aromatic carbocycles. The Morgan fingerprint density at radius 3 is 3.11 bits per heavy atom. The predicted octanol–water partition coefficient (Wildman–Crippen LogP) is 1.88. The normalized spacial score (nSPS) is 20.5. The van der Waals surface area contributed by atoms with Gasteiger partial charge in [-0.05, 0) is 38.0 Å². The minimum atomic E-state index is 0.0761. The van der Waals surface area contributed by atoms with Crippen LogP contribution in [0.15, 0.2) is 18.2 Å². The number of aliphatic hydroxyl groups excluding tert-OH is 1. The van der Waals surface area contributed by atoms with Crippen LogP contribution in [0.25, 0.3) is 0 Å². The smallest absolute Gasteiger partial charge is 0.124 e. The molecule has 0 amide bonds. The molecule has 4 nitrogen and oxygen atoms in total. The minimum Gasteiger partial charge on any atom is -0.497 e. The van der Waals surface area contributed by atoms with Gasteiger partial charge >= 0.3 is 0 Å². The number of nitrogens with one attached hydrogen (secondary N) is 1. The summed E-state index contributed by atoms with van der Waals surface area (Å²) >= 11 is 0. The molecule has 0 fully saturated rings. The molecule has 0 aromatic heterocycles. The van der Waals surface area contributed by atoms with Gasteiger partial charge in [0, 0.05) is 17.6 Å². The van der Waals surface area contributed by atoms with E-state index in [9.17, 15) is 0 Å². The molecule has 18 heavy (non-hydrogen) atoms. The van der Waals surface area contributed by atoms with Gasteiger partial charge in [0.1, 0.15) is 11.5 Å². The van der Waals surface area contributed by atoms with E-state index >= 15 is 0 Å². The maximum atomic E-state index is 9.17. The van der Waals surface area contributed by atoms with Gasteiger partial charge in [0.15, 0.2) is 0 Å². The van der Waals surface area contributed by atoms with Crippen LogP contribution < -0.4 is 14.8 Å². The highest BCUT2D eigenvalue weighted by Gasteiger charge is 2.21. The molecule has 1 aliphatic heterocycles. The SMILES string of the molecule is COc1ccc2c(c1)C(N[C@H](C)CO)CCCO2. The zero-order valence-corrected chi connectivity index (χ0v) is 11.0. The molecule has 0 radical (unpaired) electrons. The van der Waals surface area contributed by atoms with Crippen molar-refractivity contribution in [3.05, 3.63) is 23.8 Å². The first-order valence-electron chi connectivity index (χ1n) is 6.42. The first-order valence-corrected chi connectivity index (χ1v) is 6.42. The highest BCUT2D eigenvalue weighted by Crippen LogP contribution is 2.34. The van der Waals surface area contributed by atoms with Crippen molar-refractivity contribution in [2.45, 2.75) is 31.8 Å². The fourth-order valence-corrected chi connectivity index (χ4v) is 2.25. The summed E-state index contributed by atoms with van der Waals surface area (Å²) in [4.78, 5) is 0. The van der Waals surface area contributed by atoms with Gasteiger partial charge in [-0.15, -0.1) is 0 Å². The highest BCUT2D eigenvalue weighted by atomic mass is 16.5. The molecule has 0 bridgehead atoms. The van der Waals surface area contributed by atoms with Crippen LogP contribution in [0.2, 0.25) is 0 Å². The van der Waals surface area contributed by atoms with Crippen LogP contribution in [0.5, 0.6) is 11.5 Å². The predicted molar refractivity (Wildman–Crippen MR) is 70.1 cm³/mol. The number of ether oxygens (including phenoxy) is 2. The molecule has 2 N–H and O–H groups in total. The second-order valence-electron chi connectivity index (χ2n) is 4.70. The number of hydrogen-bond donors (Lipinski definition) is 2. The molecule has 0 spiro atoms. The summed E-state index contributed by atoms with van der Waals surface area (Å²) in [5.74, 6) is 1.75. The van der Waals surface area contributed by atoms with Crippen LogP contribution in [0.4, 0.5) is 0 Å². The second kappa shape index (κ2) is 6.07. The van der Waals surface area contributed by atoms with Crippen molar-refractivity contribution in [2.75, 3.05) is 20.3 Å². The number of rotatable bonds is 4. The average molecular weight is 251 g/mol. The van der Waals surface area contributed by atoms with Gasteiger partial charge in [-0.1, -0.05) is 0 Å². The summed E-state index contributed by atoms with van der Waals surface area (Å²) in [6.07, 6.45) is 2.01. The summed E-state index contributed by atoms with van der Waals surface area (Å²) in [6.45, 7) is 2.85. The second-order valence-corrected chi connectivity index (χ2v) is 4.70. The number of benzene rings is 1. The monoisotopic (exact) mass is 251 g/mol. The van der Waals surface area contributed by atoms with Crippen molar-refractivity contribution in [3.8, 4) is 11.5 Å². The van der Waals surface area contributed by atoms with Crippen LogP contribution >= 0.6 is 0 Å². The van der Waals surface area contributed by atoms with E-state index in [0.29, 0.717) is 0 Å². The minimum absolute atomic E-state index is 0.0761. The lowest BCUT2D eigenvalue weighted by Crippen LogP contribution is -2.33. The number of hydrogen-bond acceptors (Lipinski definition) is 4. The molecule has 2 rings (SSSR count). The molecule has 0 saturated heterocycles. The Balaban J connectivity index is 2.26. The Morgan fingerprint density at radius 1 is 1.56 bits per heavy atom. The number of methoxy groups -OCH3 is 1. The molecule has 2 atom stereocenters. The van der Waals surface area contributed by atoms with Gasteiger partial charge in [-0.2, -0.15) is 0 Å². The fraction of sp³-hybridized carbons (Fsp3) is 0.571. The third-order valence-corrected chi connectivity index (χ3v) is 3.25. The van der Waals surface area contributed by atoms with Crippen molar-refractivity contribution < 1.29 is 14.6 Å². The van der Waals surface area contributed by atoms with Gasteiger partial charge in [0.25, 0.3) is 0 Å². The fourth-order valence-electron chi connectivity index (χ4n) is 2.25. The molecule has 1 aromatic rings. The molecule has 0 saturated carbocycles. The molecule has 1 heterocycles. The Labute approximate surface area is 108 Å². The van der Waals surface area contributed by atoms with Crippen molar-refractivity contribution >= 4 is 0 Å². The van der Waals surface area contributed by atoms with E-state index in [1.165, 1.54) is 0 Å². The molecule has 1 unspecified atom stereocenters. The first-order chi connectivity index (χ1) is 8.74. The molecule has 1 aliphatic rings. The zero-order valence-electron chi connectivity index (χ0n) is 11.0. The van der Waals surface area contributed by atoms with E-state index in [2.05, 4.69) is 5.32 Å². The third kappa shape index (κ3) is 2.94. The quantitative estimate of drug-likeness (QED) is 0.858. The summed E-state index contributed by atoms with van der Waals surface area (Å²) in [5, 5.41) is 12.6. The number of fused-ring (bicyclic) bond motifs is 1. The van der Waals surface area contributed by atoms with Gasteiger partial charge < -0.3 is 19.9 Å². The van der Waals surface area contributed by atoms with E-state index in [-0.39, 0.29) is 18.7 Å². The molecular weight excluding hydrogens is 230 g/mol. The Morgan fingerprint density at radius 2 is 2.39 bits per heavy atom. The molecule has 4 heteroatoms. The molecule has 100 valence electrons. The van der Waals surface area contributed by atoms with Crippen molar-refractivity contribution in [2.24, 2.45) is 0 Å². The van der Waals surface area contributed by atoms with E-state index in [1.807, 2.05) is 25.1 Å². The molecular formula is C14H21NO3. The largest absolute Gasteiger partial charge is 0.497 e. The lowest BCUT2D eigenvalue weighted by molar-refractivity contribution is 0.238. The lowest BCUT2D eigenvalue weighted by atomic mass is 10.0. The van der Waals surface area contributed by atoms with E-state index in [4.69, 9.17) is 14.6 Å². The standard InChI is InChI=1S/C14H21NO3/c1-10(9-16)15-13-4-3-7-18-14-6-5-11(17-2)8-12(13)14/h5-6,8,10,13,15-16H,3-4,7,9H2,1-2H3/t10-,13?/m1/s1. The van der Waals surface area contributed by atoms with E-state index in [0.717, 1.165) is 36.5 Å². The average Bonchev–Trinajstić information content (AvgIpc) is 2.60. The van der Waals surface area contributed by atoms with Crippen LogP contribution in [-0.2, 0) is 0 Å². The first kappa shape index (κ1) is 13.2. The maximum absolute atomic E-state index is 9.17. The third-order valence-electron chi connectivity index (χ3n) is 3.25. The van der Waals surface area contributed by atoms with E-state index < -0.39 is 0 Å². The summed E-state index contributed by atoms with van der Waals surface area (Å²) in [5.41, 5.74) is 1.12. The van der Waals surface area contributed by atoms with Crippen molar-refractivity contribution in [1.29, 1.82) is 0 Å². The summed E-state index contributed by atoms with van der Waals surface area (Å²) in [7, 11) is 1.66. The van der Waals surface area contributed by atoms with Crippen molar-refractivity contribution in [3.63, 3.8) is 0 Å². The van der Waals surface area contributed by atoms with Crippen LogP contribution in [0, 0.1) is 0 Å². The summed E-state index contributed by atoms with van der Waals surface area (Å²) < 4.78 is 11.0. The highest BCUT2D eigenvalue weighted by molar-refractivity contribution is 5.42. The summed E-state index contributed by atoms with van der Waals surface area (Å²) in [6, 6.07) is 6.17. The lowest BCUT2D eigenvalue weighted by Gasteiger charge is -2.22. The molecule has 0 aliphatic carbocycles.